The number of carbonyl (C=O) groups excluding carboxylic acids is 2. The minimum atomic E-state index is -3.40. The van der Waals surface area contributed by atoms with Crippen LogP contribution in [0, 0.1) is 5.92 Å². The molecule has 0 heterocycles. The monoisotopic (exact) mass is 280 g/mol. The van der Waals surface area contributed by atoms with E-state index in [1.54, 1.807) is 18.2 Å². The summed E-state index contributed by atoms with van der Waals surface area (Å²) in [5.74, 6) is -0.450. The van der Waals surface area contributed by atoms with Crippen LogP contribution in [0.4, 0.5) is 0 Å². The third-order valence-corrected chi connectivity index (χ3v) is 5.15. The highest BCUT2D eigenvalue weighted by Crippen LogP contribution is 2.24. The van der Waals surface area contributed by atoms with Gasteiger partial charge in [0.2, 0.25) is 0 Å². The fraction of sp³-hybridized carbons (Fsp3) is 0.429. The minimum Gasteiger partial charge on any atom is -0.300 e. The lowest BCUT2D eigenvalue weighted by Gasteiger charge is -2.07. The maximum atomic E-state index is 12.0. The van der Waals surface area contributed by atoms with Gasteiger partial charge in [-0.1, -0.05) is 18.2 Å². The molecule has 1 unspecified atom stereocenters. The highest BCUT2D eigenvalue weighted by molar-refractivity contribution is 7.91. The molecule has 1 aliphatic carbocycles. The largest absolute Gasteiger partial charge is 0.300 e. The summed E-state index contributed by atoms with van der Waals surface area (Å²) in [4.78, 5) is 23.2. The van der Waals surface area contributed by atoms with Crippen LogP contribution in [0.15, 0.2) is 35.2 Å². The molecule has 2 rings (SSSR count). The highest BCUT2D eigenvalue weighted by Gasteiger charge is 2.28. The molecule has 1 fully saturated rings. The van der Waals surface area contributed by atoms with Crippen LogP contribution in [0.2, 0.25) is 0 Å². The van der Waals surface area contributed by atoms with E-state index in [1.807, 2.05) is 0 Å². The van der Waals surface area contributed by atoms with Crippen LogP contribution in [0.25, 0.3) is 0 Å². The van der Waals surface area contributed by atoms with Crippen LogP contribution in [0.5, 0.6) is 0 Å². The van der Waals surface area contributed by atoms with E-state index < -0.39 is 9.84 Å². The molecule has 5 heteroatoms. The van der Waals surface area contributed by atoms with E-state index in [9.17, 15) is 18.0 Å². The van der Waals surface area contributed by atoms with Crippen molar-refractivity contribution in [2.75, 3.05) is 5.75 Å². The summed E-state index contributed by atoms with van der Waals surface area (Å²) in [6.07, 6.45) is 1.30. The van der Waals surface area contributed by atoms with E-state index in [2.05, 4.69) is 0 Å². The SMILES string of the molecule is O=C1CCC(C(=O)CCS(=O)(=O)c2ccccc2)C1. The normalized spacial score (nSPS) is 19.6. The van der Waals surface area contributed by atoms with Gasteiger partial charge in [-0.2, -0.15) is 0 Å². The van der Waals surface area contributed by atoms with E-state index in [4.69, 9.17) is 0 Å². The second-order valence-corrected chi connectivity index (χ2v) is 6.94. The molecule has 0 N–H and O–H groups in total. The molecule has 4 nitrogen and oxygen atoms in total. The molecule has 0 bridgehead atoms. The van der Waals surface area contributed by atoms with Gasteiger partial charge in [0, 0.05) is 25.2 Å². The Bertz CT molecular complexity index is 575. The number of hydrogen-bond donors (Lipinski definition) is 0. The highest BCUT2D eigenvalue weighted by atomic mass is 32.2. The number of ketones is 2. The predicted octanol–water partition coefficient (Wildman–Crippen LogP) is 1.79. The molecular formula is C14H16O4S. The van der Waals surface area contributed by atoms with Gasteiger partial charge in [0.25, 0.3) is 0 Å². The number of Topliss-reactive ketones (excluding diaryl/α,β-unsaturated/α-hetero) is 2. The lowest BCUT2D eigenvalue weighted by molar-refractivity contribution is -0.124. The van der Waals surface area contributed by atoms with Crippen molar-refractivity contribution in [3.8, 4) is 0 Å². The van der Waals surface area contributed by atoms with Crippen LogP contribution >= 0.6 is 0 Å². The Hall–Kier alpha value is -1.49. The van der Waals surface area contributed by atoms with Gasteiger partial charge in [-0.15, -0.1) is 0 Å². The van der Waals surface area contributed by atoms with Gasteiger partial charge >= 0.3 is 0 Å². The van der Waals surface area contributed by atoms with Crippen LogP contribution in [0.1, 0.15) is 25.7 Å². The molecule has 1 aliphatic rings. The maximum Gasteiger partial charge on any atom is 0.178 e. The average molecular weight is 280 g/mol. The van der Waals surface area contributed by atoms with Crippen molar-refractivity contribution in [1.82, 2.24) is 0 Å². The first-order chi connectivity index (χ1) is 8.99. The number of sulfone groups is 1. The average Bonchev–Trinajstić information content (AvgIpc) is 2.84. The first kappa shape index (κ1) is 13.9. The van der Waals surface area contributed by atoms with Crippen LogP contribution < -0.4 is 0 Å². The lowest BCUT2D eigenvalue weighted by Crippen LogP contribution is -2.17. The molecule has 0 spiro atoms. The second-order valence-electron chi connectivity index (χ2n) is 4.83. The molecule has 1 atom stereocenters. The topological polar surface area (TPSA) is 68.3 Å². The van der Waals surface area contributed by atoms with E-state index in [1.165, 1.54) is 12.1 Å². The molecule has 0 radical (unpaired) electrons. The molecule has 0 amide bonds. The standard InChI is InChI=1S/C14H16O4S/c15-12-7-6-11(10-12)14(16)8-9-19(17,18)13-4-2-1-3-5-13/h1-5,11H,6-10H2. The van der Waals surface area contributed by atoms with Gasteiger partial charge in [0.05, 0.1) is 10.6 Å². The number of carbonyl (C=O) groups is 2. The first-order valence-corrected chi connectivity index (χ1v) is 7.96. The third-order valence-electron chi connectivity index (χ3n) is 3.42. The molecule has 102 valence electrons. The van der Waals surface area contributed by atoms with E-state index in [0.717, 1.165) is 0 Å². The molecule has 0 aromatic heterocycles. The van der Waals surface area contributed by atoms with E-state index in [0.29, 0.717) is 12.8 Å². The molecule has 0 saturated heterocycles. The Kier molecular flexibility index (Phi) is 4.14. The maximum absolute atomic E-state index is 12.0. The Balaban J connectivity index is 1.95. The zero-order valence-electron chi connectivity index (χ0n) is 10.5. The zero-order chi connectivity index (χ0) is 13.9. The minimum absolute atomic E-state index is 0.00479. The Labute approximate surface area is 112 Å². The van der Waals surface area contributed by atoms with Crippen LogP contribution in [-0.2, 0) is 19.4 Å². The smallest absolute Gasteiger partial charge is 0.178 e. The summed E-state index contributed by atoms with van der Waals surface area (Å²) in [6, 6.07) is 8.11. The zero-order valence-corrected chi connectivity index (χ0v) is 11.4. The Morgan fingerprint density at radius 2 is 1.89 bits per heavy atom. The van der Waals surface area contributed by atoms with Gasteiger partial charge in [-0.25, -0.2) is 8.42 Å². The van der Waals surface area contributed by atoms with Crippen LogP contribution in [-0.4, -0.2) is 25.7 Å². The van der Waals surface area contributed by atoms with Gasteiger partial charge in [0.15, 0.2) is 9.84 Å². The van der Waals surface area contributed by atoms with E-state index in [-0.39, 0.29) is 41.0 Å². The van der Waals surface area contributed by atoms with Crippen LogP contribution in [0.3, 0.4) is 0 Å². The summed E-state index contributed by atoms with van der Waals surface area (Å²) in [5, 5.41) is 0. The molecule has 1 saturated carbocycles. The fourth-order valence-corrected chi connectivity index (χ4v) is 3.55. The van der Waals surface area contributed by atoms with Gasteiger partial charge < -0.3 is 0 Å². The third kappa shape index (κ3) is 3.50. The first-order valence-electron chi connectivity index (χ1n) is 6.31. The van der Waals surface area contributed by atoms with Crippen molar-refractivity contribution < 1.29 is 18.0 Å². The molecular weight excluding hydrogens is 264 g/mol. The van der Waals surface area contributed by atoms with Gasteiger partial charge in [-0.05, 0) is 18.6 Å². The summed E-state index contributed by atoms with van der Waals surface area (Å²) in [7, 11) is -3.40. The summed E-state index contributed by atoms with van der Waals surface area (Å²) < 4.78 is 24.0. The Morgan fingerprint density at radius 1 is 1.21 bits per heavy atom. The number of hydrogen-bond acceptors (Lipinski definition) is 4. The molecule has 1 aromatic carbocycles. The number of benzene rings is 1. The molecule has 1 aromatic rings. The van der Waals surface area contributed by atoms with Crippen molar-refractivity contribution >= 4 is 21.4 Å². The van der Waals surface area contributed by atoms with Crippen molar-refractivity contribution in [3.63, 3.8) is 0 Å². The molecule has 0 aliphatic heterocycles. The summed E-state index contributed by atoms with van der Waals surface area (Å²) >= 11 is 0. The Morgan fingerprint density at radius 3 is 2.47 bits per heavy atom. The van der Waals surface area contributed by atoms with Crippen molar-refractivity contribution in [1.29, 1.82) is 0 Å². The fourth-order valence-electron chi connectivity index (χ4n) is 2.27. The summed E-state index contributed by atoms with van der Waals surface area (Å²) in [5.41, 5.74) is 0. The number of rotatable bonds is 5. The lowest BCUT2D eigenvalue weighted by atomic mass is 10.0. The van der Waals surface area contributed by atoms with Gasteiger partial charge in [0.1, 0.15) is 11.6 Å². The van der Waals surface area contributed by atoms with Gasteiger partial charge in [-0.3, -0.25) is 9.59 Å². The van der Waals surface area contributed by atoms with E-state index >= 15 is 0 Å². The van der Waals surface area contributed by atoms with Crippen molar-refractivity contribution in [3.05, 3.63) is 30.3 Å². The predicted molar refractivity (Wildman–Crippen MR) is 70.5 cm³/mol. The van der Waals surface area contributed by atoms with Crippen molar-refractivity contribution in [2.24, 2.45) is 5.92 Å². The quantitative estimate of drug-likeness (QED) is 0.824. The molecule has 19 heavy (non-hydrogen) atoms. The second kappa shape index (κ2) is 5.65. The van der Waals surface area contributed by atoms with Crippen molar-refractivity contribution in [2.45, 2.75) is 30.6 Å². The summed E-state index contributed by atoms with van der Waals surface area (Å²) in [6.45, 7) is 0.